The van der Waals surface area contributed by atoms with Gasteiger partial charge in [0.05, 0.1) is 17.5 Å². The van der Waals surface area contributed by atoms with Gasteiger partial charge in [-0.05, 0) is 36.8 Å². The van der Waals surface area contributed by atoms with Crippen LogP contribution in [0.1, 0.15) is 5.56 Å². The quantitative estimate of drug-likeness (QED) is 0.832. The molecule has 3 heterocycles. The van der Waals surface area contributed by atoms with Gasteiger partial charge in [0.15, 0.2) is 9.84 Å². The largest absolute Gasteiger partial charge is 0.324 e. The lowest BCUT2D eigenvalue weighted by atomic mass is 10.1. The highest BCUT2D eigenvalue weighted by Crippen LogP contribution is 2.25. The minimum Gasteiger partial charge on any atom is -0.324 e. The Kier molecular flexibility index (Phi) is 4.24. The van der Waals surface area contributed by atoms with Crippen molar-refractivity contribution in [3.05, 3.63) is 48.3 Å². The number of benzene rings is 1. The maximum Gasteiger partial charge on any atom is 0.322 e. The number of anilines is 1. The van der Waals surface area contributed by atoms with E-state index in [-0.39, 0.29) is 29.6 Å². The number of piperazine rings is 1. The van der Waals surface area contributed by atoms with Gasteiger partial charge < -0.3 is 20.1 Å². The van der Waals surface area contributed by atoms with Crippen molar-refractivity contribution in [3.63, 3.8) is 0 Å². The van der Waals surface area contributed by atoms with Crippen molar-refractivity contribution in [3.8, 4) is 5.69 Å². The molecule has 138 valence electrons. The first-order valence-corrected chi connectivity index (χ1v) is 10.5. The molecule has 8 heteroatoms. The van der Waals surface area contributed by atoms with Gasteiger partial charge in [0, 0.05) is 42.9 Å². The second-order valence-corrected chi connectivity index (χ2v) is 9.02. The summed E-state index contributed by atoms with van der Waals surface area (Å²) in [5.41, 5.74) is 2.69. The van der Waals surface area contributed by atoms with Crippen molar-refractivity contribution in [1.29, 1.82) is 0 Å². The number of aromatic nitrogens is 1. The van der Waals surface area contributed by atoms with E-state index >= 15 is 0 Å². The summed E-state index contributed by atoms with van der Waals surface area (Å²) < 4.78 is 25.9. The second kappa shape index (κ2) is 6.44. The van der Waals surface area contributed by atoms with E-state index in [2.05, 4.69) is 10.6 Å². The number of hydrogen-bond acceptors (Lipinski definition) is 4. The molecule has 7 nitrogen and oxygen atoms in total. The van der Waals surface area contributed by atoms with E-state index in [1.165, 1.54) is 0 Å². The molecular weight excluding hydrogens is 352 g/mol. The molecule has 2 aliphatic rings. The van der Waals surface area contributed by atoms with Crippen LogP contribution in [-0.4, -0.2) is 60.6 Å². The fourth-order valence-electron chi connectivity index (χ4n) is 3.84. The molecular formula is C18H22N4O3S. The molecule has 0 bridgehead atoms. The van der Waals surface area contributed by atoms with E-state index in [4.69, 9.17) is 0 Å². The monoisotopic (exact) mass is 374 g/mol. The molecule has 1 aromatic heterocycles. The molecule has 4 rings (SSSR count). The average molecular weight is 374 g/mol. The van der Waals surface area contributed by atoms with Crippen LogP contribution in [-0.2, 0) is 9.84 Å². The van der Waals surface area contributed by atoms with Crippen molar-refractivity contribution in [2.24, 2.45) is 0 Å². The van der Waals surface area contributed by atoms with Crippen LogP contribution in [0.25, 0.3) is 5.69 Å². The van der Waals surface area contributed by atoms with Crippen LogP contribution in [0.15, 0.2) is 42.7 Å². The molecule has 0 unspecified atom stereocenters. The molecule has 0 saturated carbocycles. The summed E-state index contributed by atoms with van der Waals surface area (Å²) in [6.45, 7) is 3.07. The number of nitrogens with zero attached hydrogens (tertiary/aromatic N) is 2. The predicted octanol–water partition coefficient (Wildman–Crippen LogP) is 1.39. The smallest absolute Gasteiger partial charge is 0.322 e. The molecule has 2 aromatic rings. The first-order valence-electron chi connectivity index (χ1n) is 8.69. The number of hydrogen-bond donors (Lipinski definition) is 2. The molecule has 2 saturated heterocycles. The molecule has 0 radical (unpaired) electrons. The number of fused-ring (bicyclic) bond motifs is 1. The van der Waals surface area contributed by atoms with Crippen LogP contribution in [0, 0.1) is 6.92 Å². The van der Waals surface area contributed by atoms with Crippen LogP contribution >= 0.6 is 0 Å². The van der Waals surface area contributed by atoms with Gasteiger partial charge in [-0.25, -0.2) is 13.2 Å². The summed E-state index contributed by atoms with van der Waals surface area (Å²) in [6, 6.07) is 8.94. The third-order valence-corrected chi connectivity index (χ3v) is 6.89. The molecule has 26 heavy (non-hydrogen) atoms. The molecule has 0 spiro atoms. The number of carbonyl (C=O) groups excluding carboxylic acids is 1. The molecule has 2 fully saturated rings. The Hall–Kier alpha value is -2.32. The maximum atomic E-state index is 12.9. The zero-order valence-electron chi connectivity index (χ0n) is 14.6. The van der Waals surface area contributed by atoms with Gasteiger partial charge in [-0.15, -0.1) is 0 Å². The summed E-state index contributed by atoms with van der Waals surface area (Å²) in [4.78, 5) is 14.5. The summed E-state index contributed by atoms with van der Waals surface area (Å²) in [7, 11) is -3.10. The summed E-state index contributed by atoms with van der Waals surface area (Å²) >= 11 is 0. The van der Waals surface area contributed by atoms with Gasteiger partial charge in [-0.3, -0.25) is 0 Å². The summed E-state index contributed by atoms with van der Waals surface area (Å²) in [6.07, 6.45) is 3.91. The lowest BCUT2D eigenvalue weighted by Crippen LogP contribution is -2.59. The average Bonchev–Trinajstić information content (AvgIpc) is 3.22. The summed E-state index contributed by atoms with van der Waals surface area (Å²) in [5.74, 6) is 0.129. The van der Waals surface area contributed by atoms with Crippen molar-refractivity contribution >= 4 is 21.6 Å². The highest BCUT2D eigenvalue weighted by Gasteiger charge is 2.44. The lowest BCUT2D eigenvalue weighted by molar-refractivity contribution is 0.163. The van der Waals surface area contributed by atoms with E-state index in [0.717, 1.165) is 16.9 Å². The van der Waals surface area contributed by atoms with Gasteiger partial charge in [0.2, 0.25) is 0 Å². The van der Waals surface area contributed by atoms with Crippen molar-refractivity contribution in [2.75, 3.05) is 29.9 Å². The minimum atomic E-state index is -3.10. The lowest BCUT2D eigenvalue weighted by Gasteiger charge is -2.37. The van der Waals surface area contributed by atoms with Gasteiger partial charge in [-0.1, -0.05) is 6.07 Å². The van der Waals surface area contributed by atoms with Crippen molar-refractivity contribution in [1.82, 2.24) is 14.8 Å². The fourth-order valence-corrected chi connectivity index (χ4v) is 5.80. The summed E-state index contributed by atoms with van der Waals surface area (Å²) in [5, 5.41) is 6.19. The normalized spacial score (nSPS) is 24.3. The Morgan fingerprint density at radius 2 is 1.96 bits per heavy atom. The Morgan fingerprint density at radius 1 is 1.19 bits per heavy atom. The first-order chi connectivity index (χ1) is 12.4. The molecule has 2 N–H and O–H groups in total. The number of sulfone groups is 1. The van der Waals surface area contributed by atoms with Crippen molar-refractivity contribution in [2.45, 2.75) is 19.0 Å². The highest BCUT2D eigenvalue weighted by atomic mass is 32.2. The Labute approximate surface area is 152 Å². The number of urea groups is 1. The number of rotatable bonds is 2. The van der Waals surface area contributed by atoms with E-state index in [1.807, 2.05) is 54.2 Å². The first kappa shape index (κ1) is 17.1. The molecule has 2 aliphatic heterocycles. The van der Waals surface area contributed by atoms with Crippen LogP contribution in [0.3, 0.4) is 0 Å². The topological polar surface area (TPSA) is 83.4 Å². The SMILES string of the molecule is Cc1c(NC(=O)N2CCN[C@@H]3CS(=O)(=O)C[C@@H]32)cccc1-n1cccc1. The van der Waals surface area contributed by atoms with Crippen LogP contribution in [0.4, 0.5) is 10.5 Å². The molecule has 1 aromatic carbocycles. The van der Waals surface area contributed by atoms with Crippen LogP contribution in [0.2, 0.25) is 0 Å². The van der Waals surface area contributed by atoms with Gasteiger partial charge in [0.1, 0.15) is 0 Å². The van der Waals surface area contributed by atoms with Crippen molar-refractivity contribution < 1.29 is 13.2 Å². The fraction of sp³-hybridized carbons (Fsp3) is 0.389. The molecule has 0 aliphatic carbocycles. The second-order valence-electron chi connectivity index (χ2n) is 6.87. The van der Waals surface area contributed by atoms with E-state index in [9.17, 15) is 13.2 Å². The van der Waals surface area contributed by atoms with Gasteiger partial charge in [-0.2, -0.15) is 0 Å². The minimum absolute atomic E-state index is 0.0282. The number of carbonyl (C=O) groups is 1. The molecule has 2 atom stereocenters. The zero-order valence-corrected chi connectivity index (χ0v) is 15.4. The third kappa shape index (κ3) is 3.10. The van der Waals surface area contributed by atoms with E-state index < -0.39 is 9.84 Å². The van der Waals surface area contributed by atoms with E-state index in [1.54, 1.807) is 4.90 Å². The van der Waals surface area contributed by atoms with E-state index in [0.29, 0.717) is 13.1 Å². The molecule has 2 amide bonds. The predicted molar refractivity (Wildman–Crippen MR) is 100 cm³/mol. The van der Waals surface area contributed by atoms with Gasteiger partial charge >= 0.3 is 6.03 Å². The number of nitrogens with one attached hydrogen (secondary N) is 2. The highest BCUT2D eigenvalue weighted by molar-refractivity contribution is 7.91. The third-order valence-electron chi connectivity index (χ3n) is 5.17. The zero-order chi connectivity index (χ0) is 18.3. The Morgan fingerprint density at radius 3 is 2.73 bits per heavy atom. The Bertz CT molecular complexity index is 924. The standard InChI is InChI=1S/C18H22N4O3S/c1-13-14(5-4-6-16(13)21-8-2-3-9-21)20-18(23)22-10-7-19-15-11-26(24,25)12-17(15)22/h2-6,8-9,15,17,19H,7,10-12H2,1H3,(H,20,23)/t15-,17+/m1/s1. The van der Waals surface area contributed by atoms with Gasteiger partial charge in [0.25, 0.3) is 0 Å². The Balaban J connectivity index is 1.56. The number of amides is 2. The van der Waals surface area contributed by atoms with Crippen LogP contribution in [0.5, 0.6) is 0 Å². The van der Waals surface area contributed by atoms with Crippen LogP contribution < -0.4 is 10.6 Å². The maximum absolute atomic E-state index is 12.9.